The molecule has 86 valence electrons. The van der Waals surface area contributed by atoms with Crippen LogP contribution in [0.3, 0.4) is 0 Å². The van der Waals surface area contributed by atoms with Crippen molar-refractivity contribution in [3.63, 3.8) is 0 Å². The van der Waals surface area contributed by atoms with Gasteiger partial charge in [-0.15, -0.1) is 12.4 Å². The summed E-state index contributed by atoms with van der Waals surface area (Å²) >= 11 is 3.52. The van der Waals surface area contributed by atoms with Crippen LogP contribution >= 0.6 is 28.3 Å². The van der Waals surface area contributed by atoms with Gasteiger partial charge in [-0.3, -0.25) is 0 Å². The van der Waals surface area contributed by atoms with Gasteiger partial charge >= 0.3 is 0 Å². The summed E-state index contributed by atoms with van der Waals surface area (Å²) in [5.74, 6) is 0.725. The van der Waals surface area contributed by atoms with Crippen molar-refractivity contribution in [3.05, 3.63) is 34.3 Å². The van der Waals surface area contributed by atoms with E-state index in [1.54, 1.807) is 0 Å². The third-order valence-electron chi connectivity index (χ3n) is 2.36. The first-order valence-electron chi connectivity index (χ1n) is 5.11. The molecule has 0 bridgehead atoms. The Bertz CT molecular complexity index is 289. The first kappa shape index (κ1) is 14.9. The first-order chi connectivity index (χ1) is 6.61. The van der Waals surface area contributed by atoms with E-state index in [1.807, 2.05) is 18.2 Å². The van der Waals surface area contributed by atoms with Crippen LogP contribution in [-0.4, -0.2) is 0 Å². The average Bonchev–Trinajstić information content (AvgIpc) is 2.15. The summed E-state index contributed by atoms with van der Waals surface area (Å²) in [6.07, 6.45) is 2.24. The van der Waals surface area contributed by atoms with E-state index >= 15 is 0 Å². The summed E-state index contributed by atoms with van der Waals surface area (Å²) < 4.78 is 1.12. The molecule has 0 radical (unpaired) electrons. The minimum absolute atomic E-state index is 0. The molecule has 0 saturated carbocycles. The van der Waals surface area contributed by atoms with E-state index in [0.717, 1.165) is 16.8 Å². The molecule has 0 heterocycles. The Morgan fingerprint density at radius 3 is 2.33 bits per heavy atom. The average molecular weight is 293 g/mol. The Morgan fingerprint density at radius 2 is 1.80 bits per heavy atom. The van der Waals surface area contributed by atoms with Gasteiger partial charge in [-0.25, -0.2) is 0 Å². The highest BCUT2D eigenvalue weighted by atomic mass is 79.9. The van der Waals surface area contributed by atoms with Gasteiger partial charge in [0.2, 0.25) is 0 Å². The van der Waals surface area contributed by atoms with Gasteiger partial charge in [0, 0.05) is 10.5 Å². The molecule has 0 unspecified atom stereocenters. The van der Waals surface area contributed by atoms with Crippen molar-refractivity contribution >= 4 is 28.3 Å². The molecular weight excluding hydrogens is 273 g/mol. The van der Waals surface area contributed by atoms with Crippen molar-refractivity contribution in [1.82, 2.24) is 0 Å². The lowest BCUT2D eigenvalue weighted by molar-refractivity contribution is 0.506. The van der Waals surface area contributed by atoms with Gasteiger partial charge in [0.15, 0.2) is 0 Å². The number of halogens is 2. The second-order valence-corrected chi connectivity index (χ2v) is 4.95. The minimum Gasteiger partial charge on any atom is -0.324 e. The lowest BCUT2D eigenvalue weighted by Crippen LogP contribution is -2.11. The van der Waals surface area contributed by atoms with Gasteiger partial charge in [0.05, 0.1) is 0 Å². The summed E-state index contributed by atoms with van der Waals surface area (Å²) in [4.78, 5) is 0. The number of hydrogen-bond donors (Lipinski definition) is 1. The molecule has 1 rings (SSSR count). The maximum atomic E-state index is 6.11. The standard InChI is InChI=1S/C12H18BrN.ClH/c1-9(2)7-8-12(14)10-5-3-4-6-11(10)13;/h3-6,9,12H,7-8,14H2,1-2H3;1H/t12-;/m0./s1. The van der Waals surface area contributed by atoms with Gasteiger partial charge in [-0.1, -0.05) is 48.0 Å². The third-order valence-corrected chi connectivity index (χ3v) is 3.08. The summed E-state index contributed by atoms with van der Waals surface area (Å²) in [7, 11) is 0. The quantitative estimate of drug-likeness (QED) is 0.879. The molecule has 1 aromatic rings. The minimum atomic E-state index is 0. The molecule has 1 nitrogen and oxygen atoms in total. The topological polar surface area (TPSA) is 26.0 Å². The largest absolute Gasteiger partial charge is 0.324 e. The van der Waals surface area contributed by atoms with Crippen LogP contribution in [0.5, 0.6) is 0 Å². The Morgan fingerprint density at radius 1 is 1.20 bits per heavy atom. The van der Waals surface area contributed by atoms with E-state index in [1.165, 1.54) is 12.0 Å². The third kappa shape index (κ3) is 5.01. The van der Waals surface area contributed by atoms with Crippen LogP contribution < -0.4 is 5.73 Å². The molecule has 0 fully saturated rings. The van der Waals surface area contributed by atoms with Crippen molar-refractivity contribution in [3.8, 4) is 0 Å². The summed E-state index contributed by atoms with van der Waals surface area (Å²) in [5, 5.41) is 0. The number of rotatable bonds is 4. The fourth-order valence-electron chi connectivity index (χ4n) is 1.44. The van der Waals surface area contributed by atoms with Crippen LogP contribution in [-0.2, 0) is 0 Å². The lowest BCUT2D eigenvalue weighted by Gasteiger charge is -2.14. The molecule has 1 aromatic carbocycles. The van der Waals surface area contributed by atoms with Gasteiger partial charge in [0.25, 0.3) is 0 Å². The Balaban J connectivity index is 0.00000196. The first-order valence-corrected chi connectivity index (χ1v) is 5.90. The Kier molecular flexibility index (Phi) is 7.24. The molecule has 0 aromatic heterocycles. The zero-order valence-corrected chi connectivity index (χ0v) is 11.6. The van der Waals surface area contributed by atoms with E-state index in [4.69, 9.17) is 5.73 Å². The van der Waals surface area contributed by atoms with Gasteiger partial charge in [-0.2, -0.15) is 0 Å². The highest BCUT2D eigenvalue weighted by Crippen LogP contribution is 2.25. The summed E-state index contributed by atoms with van der Waals surface area (Å²) in [6, 6.07) is 8.35. The van der Waals surface area contributed by atoms with E-state index in [0.29, 0.717) is 0 Å². The smallest absolute Gasteiger partial charge is 0.0306 e. The van der Waals surface area contributed by atoms with Crippen LogP contribution in [0.4, 0.5) is 0 Å². The van der Waals surface area contributed by atoms with Crippen LogP contribution in [0.2, 0.25) is 0 Å². The molecule has 0 spiro atoms. The fraction of sp³-hybridized carbons (Fsp3) is 0.500. The molecule has 15 heavy (non-hydrogen) atoms. The van der Waals surface area contributed by atoms with Gasteiger partial charge < -0.3 is 5.73 Å². The number of hydrogen-bond acceptors (Lipinski definition) is 1. The summed E-state index contributed by atoms with van der Waals surface area (Å²) in [5.41, 5.74) is 7.33. The van der Waals surface area contributed by atoms with Crippen LogP contribution in [0, 0.1) is 5.92 Å². The van der Waals surface area contributed by atoms with E-state index in [2.05, 4.69) is 35.8 Å². The van der Waals surface area contributed by atoms with Crippen LogP contribution in [0.1, 0.15) is 38.3 Å². The zero-order chi connectivity index (χ0) is 10.6. The maximum Gasteiger partial charge on any atom is 0.0306 e. The molecule has 0 aliphatic rings. The van der Waals surface area contributed by atoms with Crippen molar-refractivity contribution in [2.24, 2.45) is 11.7 Å². The van der Waals surface area contributed by atoms with Gasteiger partial charge in [0.1, 0.15) is 0 Å². The van der Waals surface area contributed by atoms with Crippen molar-refractivity contribution < 1.29 is 0 Å². The van der Waals surface area contributed by atoms with E-state index in [-0.39, 0.29) is 18.4 Å². The molecule has 0 aliphatic carbocycles. The van der Waals surface area contributed by atoms with Gasteiger partial charge in [-0.05, 0) is 30.4 Å². The highest BCUT2D eigenvalue weighted by molar-refractivity contribution is 9.10. The fourth-order valence-corrected chi connectivity index (χ4v) is 2.02. The maximum absolute atomic E-state index is 6.11. The molecule has 2 N–H and O–H groups in total. The molecular formula is C12H19BrClN. The normalized spacial score (nSPS) is 12.3. The second-order valence-electron chi connectivity index (χ2n) is 4.10. The molecule has 0 aliphatic heterocycles. The molecule has 0 saturated heterocycles. The van der Waals surface area contributed by atoms with Crippen molar-refractivity contribution in [1.29, 1.82) is 0 Å². The lowest BCUT2D eigenvalue weighted by atomic mass is 9.98. The predicted octanol–water partition coefficient (Wildman–Crippen LogP) is 4.31. The van der Waals surface area contributed by atoms with Crippen molar-refractivity contribution in [2.45, 2.75) is 32.7 Å². The molecule has 0 amide bonds. The van der Waals surface area contributed by atoms with Crippen LogP contribution in [0.25, 0.3) is 0 Å². The SMILES string of the molecule is CC(C)CC[C@H](N)c1ccccc1Br.Cl. The van der Waals surface area contributed by atoms with E-state index in [9.17, 15) is 0 Å². The monoisotopic (exact) mass is 291 g/mol. The number of benzene rings is 1. The predicted molar refractivity (Wildman–Crippen MR) is 72.4 cm³/mol. The van der Waals surface area contributed by atoms with E-state index < -0.39 is 0 Å². The zero-order valence-electron chi connectivity index (χ0n) is 9.24. The Labute approximate surface area is 107 Å². The number of nitrogens with two attached hydrogens (primary N) is 1. The highest BCUT2D eigenvalue weighted by Gasteiger charge is 2.09. The summed E-state index contributed by atoms with van der Waals surface area (Å²) in [6.45, 7) is 4.46. The van der Waals surface area contributed by atoms with Crippen LogP contribution in [0.15, 0.2) is 28.7 Å². The second kappa shape index (κ2) is 7.26. The molecule has 3 heteroatoms. The molecule has 1 atom stereocenters. The van der Waals surface area contributed by atoms with Crippen molar-refractivity contribution in [2.75, 3.05) is 0 Å². The Hall–Kier alpha value is -0.0500.